The predicted molar refractivity (Wildman–Crippen MR) is 80.9 cm³/mol. The first-order valence-electron chi connectivity index (χ1n) is 6.62. The maximum Gasteiger partial charge on any atom is 0.362 e. The lowest BCUT2D eigenvalue weighted by atomic mass is 10.3. The molecule has 0 bridgehead atoms. The van der Waals surface area contributed by atoms with Crippen molar-refractivity contribution in [1.29, 1.82) is 0 Å². The molecule has 6 heteroatoms. The number of aromatic nitrogens is 2. The lowest BCUT2D eigenvalue weighted by Crippen LogP contribution is -2.09. The summed E-state index contributed by atoms with van der Waals surface area (Å²) in [5.74, 6) is 0.0401. The first-order valence-corrected chi connectivity index (χ1v) is 7.00. The van der Waals surface area contributed by atoms with Gasteiger partial charge in [-0.2, -0.15) is 0 Å². The van der Waals surface area contributed by atoms with E-state index < -0.39 is 5.97 Å². The van der Waals surface area contributed by atoms with Gasteiger partial charge in [0.05, 0.1) is 6.61 Å². The molecule has 0 fully saturated rings. The summed E-state index contributed by atoms with van der Waals surface area (Å²) >= 11 is 5.78. The molecule has 0 aliphatic rings. The van der Waals surface area contributed by atoms with Crippen LogP contribution < -0.4 is 4.74 Å². The number of hydrogen-bond donors (Lipinski definition) is 0. The summed E-state index contributed by atoms with van der Waals surface area (Å²) < 4.78 is 10.4. The Morgan fingerprint density at radius 1 is 1.14 bits per heavy atom. The van der Waals surface area contributed by atoms with Gasteiger partial charge in [-0.15, -0.1) is 0 Å². The molecule has 0 saturated carbocycles. The number of halogens is 1. The molecular formula is C15H17ClN2O3. The van der Waals surface area contributed by atoms with Crippen LogP contribution in [0.1, 0.15) is 31.3 Å². The van der Waals surface area contributed by atoms with Crippen molar-refractivity contribution >= 4 is 17.6 Å². The van der Waals surface area contributed by atoms with Crippen LogP contribution in [0, 0.1) is 0 Å². The molecule has 0 aliphatic carbocycles. The Labute approximate surface area is 128 Å². The second kappa shape index (κ2) is 8.92. The molecule has 0 amide bonds. The van der Waals surface area contributed by atoms with Crippen LogP contribution in [0.15, 0.2) is 36.7 Å². The largest absolute Gasteiger partial charge is 0.461 e. The zero-order valence-corrected chi connectivity index (χ0v) is 12.9. The van der Waals surface area contributed by atoms with E-state index in [0.29, 0.717) is 10.8 Å². The van der Waals surface area contributed by atoms with Crippen molar-refractivity contribution in [3.63, 3.8) is 0 Å². The van der Waals surface area contributed by atoms with Gasteiger partial charge in [0.1, 0.15) is 5.75 Å². The maximum absolute atomic E-state index is 11.7. The third-order valence-corrected chi connectivity index (χ3v) is 2.41. The van der Waals surface area contributed by atoms with Crippen molar-refractivity contribution in [2.75, 3.05) is 6.61 Å². The molecule has 0 radical (unpaired) electrons. The molecule has 1 heterocycles. The molecule has 0 unspecified atom stereocenters. The number of esters is 1. The highest BCUT2D eigenvalue weighted by Crippen LogP contribution is 2.23. The molecule has 112 valence electrons. The van der Waals surface area contributed by atoms with E-state index in [1.54, 1.807) is 31.2 Å². The minimum Gasteiger partial charge on any atom is -0.461 e. The minimum atomic E-state index is -0.570. The average molecular weight is 309 g/mol. The number of hydrogen-bond acceptors (Lipinski definition) is 5. The summed E-state index contributed by atoms with van der Waals surface area (Å²) in [5, 5.41) is 0.595. The van der Waals surface area contributed by atoms with Crippen LogP contribution in [0.5, 0.6) is 11.6 Å². The highest BCUT2D eigenvalue weighted by atomic mass is 35.5. The van der Waals surface area contributed by atoms with Gasteiger partial charge < -0.3 is 9.47 Å². The van der Waals surface area contributed by atoms with Crippen LogP contribution in [0.25, 0.3) is 0 Å². The summed E-state index contributed by atoms with van der Waals surface area (Å²) in [6.45, 7) is 5.98. The Hall–Kier alpha value is -2.14. The lowest BCUT2D eigenvalue weighted by molar-refractivity contribution is 0.0515. The second-order valence-corrected chi connectivity index (χ2v) is 3.92. The van der Waals surface area contributed by atoms with E-state index in [0.717, 1.165) is 0 Å². The van der Waals surface area contributed by atoms with Crippen molar-refractivity contribution < 1.29 is 14.3 Å². The SMILES string of the molecule is CC.CCOC(=O)c1nccnc1Oc1ccc(Cl)cc1. The number of nitrogens with zero attached hydrogens (tertiary/aromatic N) is 2. The van der Waals surface area contributed by atoms with Crippen LogP contribution in [0.4, 0.5) is 0 Å². The Bertz CT molecular complexity index is 573. The molecule has 0 aliphatic heterocycles. The molecule has 1 aromatic carbocycles. The quantitative estimate of drug-likeness (QED) is 0.795. The Morgan fingerprint density at radius 3 is 2.38 bits per heavy atom. The molecule has 0 saturated heterocycles. The van der Waals surface area contributed by atoms with Crippen molar-refractivity contribution in [2.24, 2.45) is 0 Å². The van der Waals surface area contributed by atoms with E-state index in [4.69, 9.17) is 21.1 Å². The van der Waals surface area contributed by atoms with E-state index in [9.17, 15) is 4.79 Å². The fourth-order valence-corrected chi connectivity index (χ4v) is 1.48. The number of carbonyl (C=O) groups excluding carboxylic acids is 1. The van der Waals surface area contributed by atoms with Gasteiger partial charge in [0, 0.05) is 17.4 Å². The van der Waals surface area contributed by atoms with Gasteiger partial charge in [0.15, 0.2) is 0 Å². The van der Waals surface area contributed by atoms with Gasteiger partial charge in [-0.05, 0) is 31.2 Å². The summed E-state index contributed by atoms with van der Waals surface area (Å²) in [6, 6.07) is 6.70. The third kappa shape index (κ3) is 5.04. The van der Waals surface area contributed by atoms with Crippen molar-refractivity contribution in [3.8, 4) is 11.6 Å². The first-order chi connectivity index (χ1) is 10.2. The van der Waals surface area contributed by atoms with E-state index in [1.165, 1.54) is 12.4 Å². The van der Waals surface area contributed by atoms with Gasteiger partial charge in [-0.3, -0.25) is 0 Å². The predicted octanol–water partition coefficient (Wildman–Crippen LogP) is 4.13. The van der Waals surface area contributed by atoms with Gasteiger partial charge in [0.2, 0.25) is 5.69 Å². The first kappa shape index (κ1) is 16.9. The van der Waals surface area contributed by atoms with Crippen LogP contribution in [-0.4, -0.2) is 22.5 Å². The Kier molecular flexibility index (Phi) is 7.18. The number of ether oxygens (including phenoxy) is 2. The fraction of sp³-hybridized carbons (Fsp3) is 0.267. The molecule has 0 atom stereocenters. The van der Waals surface area contributed by atoms with Gasteiger partial charge in [0.25, 0.3) is 5.88 Å². The Balaban J connectivity index is 0.00000106. The lowest BCUT2D eigenvalue weighted by Gasteiger charge is -2.08. The third-order valence-electron chi connectivity index (χ3n) is 2.16. The van der Waals surface area contributed by atoms with Crippen LogP contribution in [-0.2, 0) is 4.74 Å². The second-order valence-electron chi connectivity index (χ2n) is 3.49. The number of rotatable bonds is 4. The average Bonchev–Trinajstić information content (AvgIpc) is 2.52. The van der Waals surface area contributed by atoms with Crippen molar-refractivity contribution in [3.05, 3.63) is 47.4 Å². The molecule has 1 aromatic heterocycles. The van der Waals surface area contributed by atoms with Gasteiger partial charge >= 0.3 is 5.97 Å². The topological polar surface area (TPSA) is 61.3 Å². The molecule has 2 rings (SSSR count). The summed E-state index contributed by atoms with van der Waals surface area (Å²) in [4.78, 5) is 19.6. The van der Waals surface area contributed by atoms with Crippen LogP contribution >= 0.6 is 11.6 Å². The Morgan fingerprint density at radius 2 is 1.76 bits per heavy atom. The molecule has 5 nitrogen and oxygen atoms in total. The van der Waals surface area contributed by atoms with Crippen LogP contribution in [0.2, 0.25) is 5.02 Å². The molecule has 0 spiro atoms. The zero-order valence-electron chi connectivity index (χ0n) is 12.2. The summed E-state index contributed by atoms with van der Waals surface area (Å²) in [7, 11) is 0. The van der Waals surface area contributed by atoms with Gasteiger partial charge in [-0.1, -0.05) is 25.4 Å². The molecular weight excluding hydrogens is 292 g/mol. The molecule has 2 aromatic rings. The standard InChI is InChI=1S/C13H11ClN2O3.C2H6/c1-2-18-13(17)11-12(16-8-7-15-11)19-10-5-3-9(14)4-6-10;1-2/h3-8H,2H2,1H3;1-2H3. The summed E-state index contributed by atoms with van der Waals surface area (Å²) in [6.07, 6.45) is 2.84. The minimum absolute atomic E-state index is 0.0410. The molecule has 21 heavy (non-hydrogen) atoms. The number of benzene rings is 1. The van der Waals surface area contributed by atoms with Crippen LogP contribution in [0.3, 0.4) is 0 Å². The highest BCUT2D eigenvalue weighted by molar-refractivity contribution is 6.30. The smallest absolute Gasteiger partial charge is 0.362 e. The number of carbonyl (C=O) groups is 1. The van der Waals surface area contributed by atoms with Crippen molar-refractivity contribution in [2.45, 2.75) is 20.8 Å². The van der Waals surface area contributed by atoms with Gasteiger partial charge in [-0.25, -0.2) is 14.8 Å². The van der Waals surface area contributed by atoms with E-state index >= 15 is 0 Å². The molecule has 0 N–H and O–H groups in total. The van der Waals surface area contributed by atoms with E-state index in [-0.39, 0.29) is 18.2 Å². The highest BCUT2D eigenvalue weighted by Gasteiger charge is 2.17. The summed E-state index contributed by atoms with van der Waals surface area (Å²) in [5.41, 5.74) is 0.0410. The van der Waals surface area contributed by atoms with E-state index in [1.807, 2.05) is 13.8 Å². The van der Waals surface area contributed by atoms with E-state index in [2.05, 4.69) is 9.97 Å². The van der Waals surface area contributed by atoms with Crippen molar-refractivity contribution in [1.82, 2.24) is 9.97 Å². The maximum atomic E-state index is 11.7. The fourth-order valence-electron chi connectivity index (χ4n) is 1.35. The monoisotopic (exact) mass is 308 g/mol. The normalized spacial score (nSPS) is 9.33. The zero-order chi connectivity index (χ0) is 15.7.